The van der Waals surface area contributed by atoms with Gasteiger partial charge in [0.2, 0.25) is 6.79 Å². The van der Waals surface area contributed by atoms with Crippen molar-refractivity contribution >= 4 is 0 Å². The van der Waals surface area contributed by atoms with Crippen molar-refractivity contribution in [1.29, 1.82) is 0 Å². The highest BCUT2D eigenvalue weighted by Gasteiger charge is 2.12. The third-order valence-electron chi connectivity index (χ3n) is 4.20. The molecular formula is C19H26O4. The van der Waals surface area contributed by atoms with Gasteiger partial charge in [0.25, 0.3) is 0 Å². The number of rotatable bonds is 12. The Balaban J connectivity index is 1.14. The van der Waals surface area contributed by atoms with Crippen molar-refractivity contribution < 1.29 is 18.9 Å². The highest BCUT2D eigenvalue weighted by atomic mass is 16.7. The summed E-state index contributed by atoms with van der Waals surface area (Å²) in [5.74, 6) is 2.84. The van der Waals surface area contributed by atoms with Crippen LogP contribution in [-0.2, 0) is 16.1 Å². The first-order valence-electron chi connectivity index (χ1n) is 8.74. The van der Waals surface area contributed by atoms with E-state index >= 15 is 0 Å². The van der Waals surface area contributed by atoms with E-state index in [2.05, 4.69) is 0 Å². The molecule has 0 amide bonds. The number of fused-ring (bicyclic) bond motifs is 1. The Hall–Kier alpha value is -1.68. The SMILES string of the molecule is C1=C(CCCCCCCCCOCc2ccc3c(c2)OCO3)O1. The lowest BCUT2D eigenvalue weighted by atomic mass is 10.1. The van der Waals surface area contributed by atoms with E-state index in [0.29, 0.717) is 13.4 Å². The second-order valence-corrected chi connectivity index (χ2v) is 6.17. The maximum atomic E-state index is 5.74. The first-order valence-corrected chi connectivity index (χ1v) is 8.74. The van der Waals surface area contributed by atoms with Crippen molar-refractivity contribution in [3.8, 4) is 11.5 Å². The van der Waals surface area contributed by atoms with Crippen LogP contribution in [0, 0.1) is 0 Å². The van der Waals surface area contributed by atoms with E-state index in [1.807, 2.05) is 24.5 Å². The first-order chi connectivity index (χ1) is 11.4. The largest absolute Gasteiger partial charge is 0.463 e. The van der Waals surface area contributed by atoms with Gasteiger partial charge in [0.1, 0.15) is 12.0 Å². The highest BCUT2D eigenvalue weighted by molar-refractivity contribution is 5.44. The average Bonchev–Trinajstić information content (AvgIpc) is 3.27. The van der Waals surface area contributed by atoms with Crippen LogP contribution in [0.1, 0.15) is 56.9 Å². The van der Waals surface area contributed by atoms with E-state index in [4.69, 9.17) is 18.9 Å². The lowest BCUT2D eigenvalue weighted by molar-refractivity contribution is 0.116. The second-order valence-electron chi connectivity index (χ2n) is 6.17. The maximum absolute atomic E-state index is 5.74. The molecule has 4 heteroatoms. The summed E-state index contributed by atoms with van der Waals surface area (Å²) < 4.78 is 21.4. The van der Waals surface area contributed by atoms with Gasteiger partial charge in [0.05, 0.1) is 6.61 Å². The number of allylic oxidation sites excluding steroid dienone is 1. The van der Waals surface area contributed by atoms with E-state index in [1.54, 1.807) is 0 Å². The molecular weight excluding hydrogens is 292 g/mol. The zero-order chi connectivity index (χ0) is 15.7. The molecule has 0 bridgehead atoms. The fourth-order valence-corrected chi connectivity index (χ4v) is 2.77. The third-order valence-corrected chi connectivity index (χ3v) is 4.20. The van der Waals surface area contributed by atoms with Gasteiger partial charge in [-0.25, -0.2) is 0 Å². The van der Waals surface area contributed by atoms with Crippen molar-refractivity contribution in [2.24, 2.45) is 0 Å². The molecule has 1 aromatic carbocycles. The number of benzene rings is 1. The molecule has 126 valence electrons. The molecule has 23 heavy (non-hydrogen) atoms. The number of hydrogen-bond donors (Lipinski definition) is 0. The van der Waals surface area contributed by atoms with Gasteiger partial charge in [-0.2, -0.15) is 0 Å². The summed E-state index contributed by atoms with van der Waals surface area (Å²) in [5, 5.41) is 0. The van der Waals surface area contributed by atoms with Crippen LogP contribution in [-0.4, -0.2) is 13.4 Å². The summed E-state index contributed by atoms with van der Waals surface area (Å²) >= 11 is 0. The van der Waals surface area contributed by atoms with Crippen molar-refractivity contribution in [2.45, 2.75) is 58.0 Å². The van der Waals surface area contributed by atoms with Gasteiger partial charge >= 0.3 is 0 Å². The Morgan fingerprint density at radius 1 is 0.870 bits per heavy atom. The minimum Gasteiger partial charge on any atom is -0.463 e. The lowest BCUT2D eigenvalue weighted by Crippen LogP contribution is -1.96. The van der Waals surface area contributed by atoms with Crippen molar-refractivity contribution in [3.63, 3.8) is 0 Å². The molecule has 0 aromatic heterocycles. The second kappa shape index (κ2) is 8.82. The Labute approximate surface area is 138 Å². The van der Waals surface area contributed by atoms with E-state index in [1.165, 1.54) is 44.3 Å². The minimum atomic E-state index is 0.325. The Morgan fingerprint density at radius 3 is 2.43 bits per heavy atom. The zero-order valence-electron chi connectivity index (χ0n) is 13.7. The molecule has 2 aliphatic heterocycles. The minimum absolute atomic E-state index is 0.325. The molecule has 0 aliphatic carbocycles. The summed E-state index contributed by atoms with van der Waals surface area (Å²) in [6.07, 6.45) is 12.0. The predicted octanol–water partition coefficient (Wildman–Crippen LogP) is 4.92. The quantitative estimate of drug-likeness (QED) is 0.513. The van der Waals surface area contributed by atoms with Crippen molar-refractivity contribution in [1.82, 2.24) is 0 Å². The number of unbranched alkanes of at least 4 members (excludes halogenated alkanes) is 6. The Bertz CT molecular complexity index is 524. The van der Waals surface area contributed by atoms with Crippen LogP contribution in [0.3, 0.4) is 0 Å². The summed E-state index contributed by atoms with van der Waals surface area (Å²) in [7, 11) is 0. The maximum Gasteiger partial charge on any atom is 0.231 e. The number of hydrogen-bond acceptors (Lipinski definition) is 4. The smallest absolute Gasteiger partial charge is 0.231 e. The topological polar surface area (TPSA) is 40.2 Å². The zero-order valence-corrected chi connectivity index (χ0v) is 13.7. The average molecular weight is 318 g/mol. The first kappa shape index (κ1) is 16.2. The molecule has 2 heterocycles. The van der Waals surface area contributed by atoms with Gasteiger partial charge in [-0.15, -0.1) is 0 Å². The van der Waals surface area contributed by atoms with Gasteiger partial charge in [-0.3, -0.25) is 0 Å². The molecule has 0 spiro atoms. The molecule has 0 saturated carbocycles. The van der Waals surface area contributed by atoms with Crippen LogP contribution in [0.25, 0.3) is 0 Å². The predicted molar refractivity (Wildman–Crippen MR) is 88.3 cm³/mol. The normalized spacial score (nSPS) is 14.5. The molecule has 1 aromatic rings. The molecule has 0 fully saturated rings. The van der Waals surface area contributed by atoms with Crippen LogP contribution in [0.15, 0.2) is 30.2 Å². The van der Waals surface area contributed by atoms with Gasteiger partial charge in [-0.1, -0.05) is 38.2 Å². The fraction of sp³-hybridized carbons (Fsp3) is 0.579. The molecule has 0 saturated heterocycles. The molecule has 3 rings (SSSR count). The molecule has 0 atom stereocenters. The van der Waals surface area contributed by atoms with E-state index in [-0.39, 0.29) is 0 Å². The molecule has 0 unspecified atom stereocenters. The molecule has 4 nitrogen and oxygen atoms in total. The van der Waals surface area contributed by atoms with Crippen LogP contribution < -0.4 is 9.47 Å². The molecule has 2 aliphatic rings. The number of ether oxygens (including phenoxy) is 4. The Kier molecular flexibility index (Phi) is 6.21. The summed E-state index contributed by atoms with van der Waals surface area (Å²) in [6, 6.07) is 5.99. The van der Waals surface area contributed by atoms with E-state index in [9.17, 15) is 0 Å². The summed E-state index contributed by atoms with van der Waals surface area (Å²) in [6.45, 7) is 1.81. The van der Waals surface area contributed by atoms with Gasteiger partial charge in [0, 0.05) is 13.0 Å². The monoisotopic (exact) mass is 318 g/mol. The van der Waals surface area contributed by atoms with Crippen LogP contribution in [0.2, 0.25) is 0 Å². The Morgan fingerprint density at radius 2 is 1.61 bits per heavy atom. The molecule has 0 N–H and O–H groups in total. The van der Waals surface area contributed by atoms with Gasteiger partial charge in [0.15, 0.2) is 11.5 Å². The van der Waals surface area contributed by atoms with Crippen LogP contribution >= 0.6 is 0 Å². The van der Waals surface area contributed by atoms with Crippen LogP contribution in [0.4, 0.5) is 0 Å². The fourth-order valence-electron chi connectivity index (χ4n) is 2.77. The van der Waals surface area contributed by atoms with Gasteiger partial charge < -0.3 is 18.9 Å². The standard InChI is InChI=1S/C19H26O4/c1(2-4-6-8-17-14-21-17)3-5-7-11-20-13-16-9-10-18-19(12-16)23-15-22-18/h9-10,12,14H,1-8,11,13,15H2. The third kappa shape index (κ3) is 5.79. The molecule has 0 radical (unpaired) electrons. The summed E-state index contributed by atoms with van der Waals surface area (Å²) in [4.78, 5) is 0. The van der Waals surface area contributed by atoms with Crippen LogP contribution in [0.5, 0.6) is 11.5 Å². The van der Waals surface area contributed by atoms with E-state index < -0.39 is 0 Å². The van der Waals surface area contributed by atoms with Crippen molar-refractivity contribution in [3.05, 3.63) is 35.8 Å². The lowest BCUT2D eigenvalue weighted by Gasteiger charge is -2.05. The summed E-state index contributed by atoms with van der Waals surface area (Å²) in [5.41, 5.74) is 1.14. The van der Waals surface area contributed by atoms with Gasteiger partial charge in [-0.05, 0) is 30.5 Å². The van der Waals surface area contributed by atoms with E-state index in [0.717, 1.165) is 36.5 Å². The van der Waals surface area contributed by atoms with Crippen molar-refractivity contribution in [2.75, 3.05) is 13.4 Å². The highest BCUT2D eigenvalue weighted by Crippen LogP contribution is 2.32.